The van der Waals surface area contributed by atoms with Gasteiger partial charge in [0.25, 0.3) is 5.91 Å². The van der Waals surface area contributed by atoms with Crippen LogP contribution in [0.3, 0.4) is 0 Å². The number of methoxy groups -OCH3 is 1. The number of ether oxygens (including phenoxy) is 2. The second-order valence-electron chi connectivity index (χ2n) is 4.26. The van der Waals surface area contributed by atoms with E-state index in [1.165, 1.54) is 39.2 Å². The molecule has 0 aromatic heterocycles. The van der Waals surface area contributed by atoms with Crippen molar-refractivity contribution >= 4 is 35.1 Å². The van der Waals surface area contributed by atoms with Crippen molar-refractivity contribution in [2.24, 2.45) is 0 Å². The molecule has 0 saturated carbocycles. The van der Waals surface area contributed by atoms with Crippen molar-refractivity contribution < 1.29 is 28.7 Å². The fourth-order valence-electron chi connectivity index (χ4n) is 1.54. The van der Waals surface area contributed by atoms with Gasteiger partial charge in [-0.1, -0.05) is 0 Å². The second kappa shape index (κ2) is 7.77. The molecule has 1 rings (SSSR count). The Bertz CT molecular complexity index is 611. The molecular weight excluding hydrogens is 292 g/mol. The molecule has 0 aliphatic carbocycles. The number of nitrogens with one attached hydrogen (secondary N) is 2. The number of carbonyl (C=O) groups is 4. The van der Waals surface area contributed by atoms with Crippen molar-refractivity contribution in [3.63, 3.8) is 0 Å². The van der Waals surface area contributed by atoms with Crippen LogP contribution in [0.15, 0.2) is 18.2 Å². The van der Waals surface area contributed by atoms with E-state index < -0.39 is 24.5 Å². The molecule has 0 atom stereocenters. The fourth-order valence-corrected chi connectivity index (χ4v) is 1.54. The molecule has 0 heterocycles. The number of hydrogen-bond acceptors (Lipinski definition) is 6. The number of amides is 2. The Morgan fingerprint density at radius 2 is 1.73 bits per heavy atom. The largest absolute Gasteiger partial charge is 0.465 e. The molecule has 0 fully saturated rings. The Balaban J connectivity index is 3.00. The molecule has 8 heteroatoms. The average molecular weight is 308 g/mol. The zero-order valence-corrected chi connectivity index (χ0v) is 12.4. The molecule has 2 amide bonds. The third-order valence-electron chi connectivity index (χ3n) is 2.43. The van der Waals surface area contributed by atoms with Crippen LogP contribution in [-0.2, 0) is 23.9 Å². The highest BCUT2D eigenvalue weighted by Gasteiger charge is 2.13. The third-order valence-corrected chi connectivity index (χ3v) is 2.43. The van der Waals surface area contributed by atoms with Gasteiger partial charge >= 0.3 is 11.9 Å². The predicted octanol–water partition coefficient (Wildman–Crippen LogP) is 0.933. The molecule has 0 unspecified atom stereocenters. The maximum atomic E-state index is 11.7. The van der Waals surface area contributed by atoms with Crippen LogP contribution in [0.1, 0.15) is 24.2 Å². The molecule has 1 aromatic carbocycles. The highest BCUT2D eigenvalue weighted by Crippen LogP contribution is 2.24. The summed E-state index contributed by atoms with van der Waals surface area (Å²) in [4.78, 5) is 45.0. The van der Waals surface area contributed by atoms with E-state index in [1.807, 2.05) is 0 Å². The first kappa shape index (κ1) is 17.2. The zero-order chi connectivity index (χ0) is 16.7. The summed E-state index contributed by atoms with van der Waals surface area (Å²) in [5.41, 5.74) is 0.686. The summed E-state index contributed by atoms with van der Waals surface area (Å²) >= 11 is 0. The van der Waals surface area contributed by atoms with Gasteiger partial charge in [-0.2, -0.15) is 0 Å². The van der Waals surface area contributed by atoms with E-state index in [1.54, 1.807) is 0 Å². The van der Waals surface area contributed by atoms with Crippen LogP contribution in [-0.4, -0.2) is 37.5 Å². The lowest BCUT2D eigenvalue weighted by Crippen LogP contribution is -2.21. The normalized spacial score (nSPS) is 9.59. The van der Waals surface area contributed by atoms with E-state index in [9.17, 15) is 19.2 Å². The van der Waals surface area contributed by atoms with Crippen LogP contribution >= 0.6 is 0 Å². The Labute approximate surface area is 126 Å². The summed E-state index contributed by atoms with van der Waals surface area (Å²) in [6.07, 6.45) is 0. The number of carbonyl (C=O) groups excluding carboxylic acids is 4. The number of benzene rings is 1. The van der Waals surface area contributed by atoms with Gasteiger partial charge in [0, 0.05) is 13.8 Å². The molecule has 22 heavy (non-hydrogen) atoms. The lowest BCUT2D eigenvalue weighted by molar-refractivity contribution is -0.144. The first-order valence-corrected chi connectivity index (χ1v) is 6.26. The van der Waals surface area contributed by atoms with Gasteiger partial charge in [0.1, 0.15) is 0 Å². The van der Waals surface area contributed by atoms with E-state index in [2.05, 4.69) is 20.1 Å². The van der Waals surface area contributed by atoms with E-state index in [4.69, 9.17) is 0 Å². The van der Waals surface area contributed by atoms with E-state index >= 15 is 0 Å². The quantitative estimate of drug-likeness (QED) is 0.783. The van der Waals surface area contributed by atoms with Crippen molar-refractivity contribution in [2.45, 2.75) is 13.8 Å². The third kappa shape index (κ3) is 5.23. The van der Waals surface area contributed by atoms with E-state index in [0.29, 0.717) is 5.69 Å². The van der Waals surface area contributed by atoms with Crippen LogP contribution in [0.5, 0.6) is 0 Å². The van der Waals surface area contributed by atoms with Crippen LogP contribution in [0, 0.1) is 0 Å². The van der Waals surface area contributed by atoms with Crippen molar-refractivity contribution in [1.82, 2.24) is 0 Å². The number of rotatable bonds is 5. The van der Waals surface area contributed by atoms with Gasteiger partial charge in [-0.15, -0.1) is 0 Å². The number of hydrogen-bond donors (Lipinski definition) is 2. The molecule has 118 valence electrons. The summed E-state index contributed by atoms with van der Waals surface area (Å²) in [5.74, 6) is -2.14. The number of anilines is 2. The van der Waals surface area contributed by atoms with Gasteiger partial charge in [0.15, 0.2) is 6.61 Å². The van der Waals surface area contributed by atoms with Gasteiger partial charge in [0.2, 0.25) is 5.91 Å². The van der Waals surface area contributed by atoms with Gasteiger partial charge in [-0.3, -0.25) is 14.4 Å². The molecule has 2 N–H and O–H groups in total. The summed E-state index contributed by atoms with van der Waals surface area (Å²) < 4.78 is 9.15. The molecular formula is C14H16N2O6. The van der Waals surface area contributed by atoms with Crippen LogP contribution in [0.25, 0.3) is 0 Å². The SMILES string of the molecule is COC(=O)c1ccc(NC(C)=O)c(NC(=O)COC(C)=O)c1. The van der Waals surface area contributed by atoms with Crippen molar-refractivity contribution in [3.8, 4) is 0 Å². The Morgan fingerprint density at radius 1 is 1.05 bits per heavy atom. The minimum absolute atomic E-state index is 0.190. The van der Waals surface area contributed by atoms with Crippen molar-refractivity contribution in [2.75, 3.05) is 24.4 Å². The van der Waals surface area contributed by atoms with Gasteiger partial charge in [0.05, 0.1) is 24.0 Å². The monoisotopic (exact) mass is 308 g/mol. The molecule has 1 aromatic rings. The smallest absolute Gasteiger partial charge is 0.337 e. The fraction of sp³-hybridized carbons (Fsp3) is 0.286. The van der Waals surface area contributed by atoms with E-state index in [0.717, 1.165) is 0 Å². The second-order valence-corrected chi connectivity index (χ2v) is 4.26. The minimum atomic E-state index is -0.608. The number of esters is 2. The van der Waals surface area contributed by atoms with Crippen LogP contribution < -0.4 is 10.6 Å². The van der Waals surface area contributed by atoms with Gasteiger partial charge in [-0.05, 0) is 18.2 Å². The molecule has 0 saturated heterocycles. The van der Waals surface area contributed by atoms with Gasteiger partial charge in [-0.25, -0.2) is 4.79 Å². The summed E-state index contributed by atoms with van der Waals surface area (Å²) in [7, 11) is 1.23. The molecule has 0 spiro atoms. The van der Waals surface area contributed by atoms with E-state index in [-0.39, 0.29) is 17.2 Å². The molecule has 0 bridgehead atoms. The van der Waals surface area contributed by atoms with Gasteiger partial charge < -0.3 is 20.1 Å². The molecule has 0 aliphatic heterocycles. The topological polar surface area (TPSA) is 111 Å². The predicted molar refractivity (Wildman–Crippen MR) is 77.3 cm³/mol. The molecule has 0 radical (unpaired) electrons. The highest BCUT2D eigenvalue weighted by atomic mass is 16.5. The zero-order valence-electron chi connectivity index (χ0n) is 12.4. The lowest BCUT2D eigenvalue weighted by Gasteiger charge is -2.12. The Kier molecular flexibility index (Phi) is 6.06. The standard InChI is InChI=1S/C14H16N2O6/c1-8(17)15-11-5-4-10(14(20)21-3)6-12(11)16-13(19)7-22-9(2)18/h4-6H,7H2,1-3H3,(H,15,17)(H,16,19). The van der Waals surface area contributed by atoms with Crippen molar-refractivity contribution in [1.29, 1.82) is 0 Å². The molecule has 8 nitrogen and oxygen atoms in total. The van der Waals surface area contributed by atoms with Crippen LogP contribution in [0.2, 0.25) is 0 Å². The maximum Gasteiger partial charge on any atom is 0.337 e. The first-order chi connectivity index (χ1) is 10.3. The highest BCUT2D eigenvalue weighted by molar-refractivity contribution is 6.02. The van der Waals surface area contributed by atoms with Crippen LogP contribution in [0.4, 0.5) is 11.4 Å². The average Bonchev–Trinajstić information content (AvgIpc) is 2.45. The first-order valence-electron chi connectivity index (χ1n) is 6.26. The Morgan fingerprint density at radius 3 is 2.27 bits per heavy atom. The Hall–Kier alpha value is -2.90. The lowest BCUT2D eigenvalue weighted by atomic mass is 10.1. The minimum Gasteiger partial charge on any atom is -0.465 e. The molecule has 0 aliphatic rings. The summed E-state index contributed by atoms with van der Waals surface area (Å²) in [6, 6.07) is 4.25. The summed E-state index contributed by atoms with van der Waals surface area (Å²) in [6.45, 7) is 2.00. The summed E-state index contributed by atoms with van der Waals surface area (Å²) in [5, 5.41) is 4.97. The van der Waals surface area contributed by atoms with Crippen molar-refractivity contribution in [3.05, 3.63) is 23.8 Å². The maximum absolute atomic E-state index is 11.7.